The van der Waals surface area contributed by atoms with Gasteiger partial charge in [0.25, 0.3) is 10.1 Å². The second-order valence-electron chi connectivity index (χ2n) is 5.74. The molecule has 0 aromatic carbocycles. The molecule has 0 saturated heterocycles. The van der Waals surface area contributed by atoms with Crippen LogP contribution in [-0.4, -0.2) is 28.7 Å². The second-order valence-corrected chi connectivity index (χ2v) is 8.12. The maximum absolute atomic E-state index is 12.3. The summed E-state index contributed by atoms with van der Waals surface area (Å²) in [6.07, 6.45) is 1.14. The summed E-state index contributed by atoms with van der Waals surface area (Å²) in [5.74, 6) is -0.868. The quantitative estimate of drug-likeness (QED) is 0.615. The monoisotopic (exact) mass is 308 g/mol. The van der Waals surface area contributed by atoms with Crippen LogP contribution in [0.1, 0.15) is 26.7 Å². The molecule has 2 bridgehead atoms. The molecular weight excluding hydrogens is 292 g/mol. The zero-order valence-electron chi connectivity index (χ0n) is 10.7. The van der Waals surface area contributed by atoms with Crippen LogP contribution in [0.15, 0.2) is 12.2 Å². The first-order valence-electron chi connectivity index (χ1n) is 5.80. The number of allylic oxidation sites excluding steroid dienone is 1. The Kier molecular flexibility index (Phi) is 3.29. The minimum absolute atomic E-state index is 0.0326. The third kappa shape index (κ3) is 2.01. The van der Waals surface area contributed by atoms with Gasteiger partial charge >= 0.3 is 11.4 Å². The fraction of sp³-hybridized carbons (Fsp3) is 0.727. The first kappa shape index (κ1) is 14.8. The number of ketones is 1. The fourth-order valence-corrected chi connectivity index (χ4v) is 5.78. The Balaban J connectivity index is 2.40. The van der Waals surface area contributed by atoms with E-state index in [4.69, 9.17) is 4.55 Å². The van der Waals surface area contributed by atoms with Crippen molar-refractivity contribution >= 4 is 27.3 Å². The summed E-state index contributed by atoms with van der Waals surface area (Å²) in [7, 11) is -4.25. The smallest absolute Gasteiger partial charge is 0.294 e. The van der Waals surface area contributed by atoms with Crippen molar-refractivity contribution in [2.24, 2.45) is 16.7 Å². The lowest BCUT2D eigenvalue weighted by atomic mass is 9.70. The van der Waals surface area contributed by atoms with Gasteiger partial charge in [-0.15, -0.1) is 3.63 Å². The summed E-state index contributed by atoms with van der Waals surface area (Å²) >= 11 is -2.91. The van der Waals surface area contributed by atoms with Gasteiger partial charge in [-0.05, 0) is 29.7 Å². The topological polar surface area (TPSA) is 97.7 Å². The number of rotatable bonds is 4. The summed E-state index contributed by atoms with van der Waals surface area (Å²) < 4.78 is 46.6. The summed E-state index contributed by atoms with van der Waals surface area (Å²) in [6.45, 7) is 7.43. The maximum Gasteiger partial charge on any atom is 0.317 e. The number of fused-ring (bicyclic) bond motifs is 2. The normalized spacial score (nSPS) is 34.8. The van der Waals surface area contributed by atoms with E-state index in [1.54, 1.807) is 0 Å². The van der Waals surface area contributed by atoms with E-state index >= 15 is 0 Å². The van der Waals surface area contributed by atoms with Crippen LogP contribution in [0.2, 0.25) is 0 Å². The van der Waals surface area contributed by atoms with Gasteiger partial charge in [-0.2, -0.15) is 12.6 Å². The zero-order valence-corrected chi connectivity index (χ0v) is 12.3. The van der Waals surface area contributed by atoms with Crippen molar-refractivity contribution in [3.05, 3.63) is 12.2 Å². The average Bonchev–Trinajstić information content (AvgIpc) is 2.52. The molecule has 2 saturated carbocycles. The van der Waals surface area contributed by atoms with E-state index in [2.05, 4.69) is 10.2 Å². The van der Waals surface area contributed by atoms with Crippen molar-refractivity contribution in [1.29, 1.82) is 0 Å². The highest BCUT2D eigenvalue weighted by Gasteiger charge is 2.67. The van der Waals surface area contributed by atoms with Crippen molar-refractivity contribution in [2.45, 2.75) is 26.7 Å². The van der Waals surface area contributed by atoms with Crippen LogP contribution in [0.4, 0.5) is 0 Å². The molecule has 2 aliphatic rings. The highest BCUT2D eigenvalue weighted by molar-refractivity contribution is 7.95. The molecule has 3 atom stereocenters. The summed E-state index contributed by atoms with van der Waals surface area (Å²) in [6, 6.07) is 0. The molecule has 6 nitrogen and oxygen atoms in total. The fourth-order valence-electron chi connectivity index (χ4n) is 3.63. The number of hydrogen-bond acceptors (Lipinski definition) is 5. The van der Waals surface area contributed by atoms with Crippen molar-refractivity contribution in [2.75, 3.05) is 5.75 Å². The molecule has 19 heavy (non-hydrogen) atoms. The van der Waals surface area contributed by atoms with Crippen LogP contribution in [0.5, 0.6) is 0 Å². The Bertz CT molecular complexity index is 576. The highest BCUT2D eigenvalue weighted by Crippen LogP contribution is 2.65. The molecule has 0 amide bonds. The average molecular weight is 308 g/mol. The molecule has 2 rings (SSSR count). The molecular formula is C11H16O6S2. The predicted octanol–water partition coefficient (Wildman–Crippen LogP) is 1.03. The number of carbonyl (C=O) groups excluding carboxylic acids is 1. The molecule has 108 valence electrons. The third-order valence-corrected chi connectivity index (χ3v) is 6.84. The summed E-state index contributed by atoms with van der Waals surface area (Å²) in [4.78, 5) is 12.3. The van der Waals surface area contributed by atoms with Crippen molar-refractivity contribution in [3.8, 4) is 0 Å². The molecule has 1 N–H and O–H groups in total. The van der Waals surface area contributed by atoms with Gasteiger partial charge in [-0.25, -0.2) is 0 Å². The SMILES string of the molecule is C=C1C(=O)C2(CS(=O)(=O)OS(=O)O)CCC1C2(C)C. The Morgan fingerprint density at radius 1 is 1.53 bits per heavy atom. The Labute approximate surface area is 114 Å². The molecule has 2 fully saturated rings. The van der Waals surface area contributed by atoms with Gasteiger partial charge in [-0.1, -0.05) is 20.4 Å². The first-order valence-corrected chi connectivity index (χ1v) is 8.41. The maximum atomic E-state index is 12.3. The van der Waals surface area contributed by atoms with Gasteiger partial charge in [0.2, 0.25) is 0 Å². The van der Waals surface area contributed by atoms with Crippen molar-refractivity contribution < 1.29 is 25.6 Å². The molecule has 0 aromatic heterocycles. The number of hydrogen-bond donors (Lipinski definition) is 1. The van der Waals surface area contributed by atoms with Crippen LogP contribution in [0.3, 0.4) is 0 Å². The Morgan fingerprint density at radius 3 is 2.53 bits per heavy atom. The van der Waals surface area contributed by atoms with Crippen LogP contribution < -0.4 is 0 Å². The minimum atomic E-state index is -4.25. The van der Waals surface area contributed by atoms with E-state index in [9.17, 15) is 17.4 Å². The molecule has 0 radical (unpaired) electrons. The molecule has 3 unspecified atom stereocenters. The lowest BCUT2D eigenvalue weighted by Crippen LogP contribution is -2.42. The van der Waals surface area contributed by atoms with E-state index in [0.717, 1.165) is 0 Å². The Hall–Kier alpha value is -0.570. The molecule has 0 aliphatic heterocycles. The van der Waals surface area contributed by atoms with Gasteiger partial charge < -0.3 is 0 Å². The van der Waals surface area contributed by atoms with Crippen LogP contribution >= 0.6 is 0 Å². The lowest BCUT2D eigenvalue weighted by molar-refractivity contribution is -0.125. The lowest BCUT2D eigenvalue weighted by Gasteiger charge is -2.35. The van der Waals surface area contributed by atoms with Crippen LogP contribution in [-0.2, 0) is 29.9 Å². The standard InChI is InChI=1S/C11H16O6S2/c1-7-8-4-5-11(9(7)12,10(8,2)3)6-19(15,16)17-18(13)14/h8H,1,4-6H2,2-3H3,(H,13,14). The predicted molar refractivity (Wildman–Crippen MR) is 68.7 cm³/mol. The molecule has 2 aliphatic carbocycles. The van der Waals surface area contributed by atoms with Gasteiger partial charge in [0.05, 0.1) is 11.2 Å². The summed E-state index contributed by atoms with van der Waals surface area (Å²) in [5.41, 5.74) is -1.17. The molecule has 0 aromatic rings. The van der Waals surface area contributed by atoms with E-state index < -0.39 is 38.1 Å². The number of Topliss-reactive ketones (excluding diaryl/α,β-unsaturated/α-hetero) is 1. The van der Waals surface area contributed by atoms with Crippen molar-refractivity contribution in [3.63, 3.8) is 0 Å². The molecule has 8 heteroatoms. The van der Waals surface area contributed by atoms with E-state index in [1.165, 1.54) is 0 Å². The highest BCUT2D eigenvalue weighted by atomic mass is 32.3. The van der Waals surface area contributed by atoms with E-state index in [1.807, 2.05) is 13.8 Å². The van der Waals surface area contributed by atoms with Gasteiger partial charge in [0.15, 0.2) is 5.78 Å². The third-order valence-electron chi connectivity index (χ3n) is 4.70. The second kappa shape index (κ2) is 4.21. The van der Waals surface area contributed by atoms with Crippen LogP contribution in [0.25, 0.3) is 0 Å². The van der Waals surface area contributed by atoms with Crippen LogP contribution in [0, 0.1) is 16.7 Å². The largest absolute Gasteiger partial charge is 0.317 e. The minimum Gasteiger partial charge on any atom is -0.294 e. The zero-order chi connectivity index (χ0) is 14.6. The first-order chi connectivity index (χ1) is 8.53. The number of carbonyl (C=O) groups is 1. The van der Waals surface area contributed by atoms with Gasteiger partial charge in [0, 0.05) is 0 Å². The van der Waals surface area contributed by atoms with Gasteiger partial charge in [0.1, 0.15) is 0 Å². The van der Waals surface area contributed by atoms with Gasteiger partial charge in [-0.3, -0.25) is 9.35 Å². The molecule has 0 heterocycles. The molecule has 0 spiro atoms. The van der Waals surface area contributed by atoms with E-state index in [0.29, 0.717) is 18.4 Å². The Morgan fingerprint density at radius 2 is 2.11 bits per heavy atom. The van der Waals surface area contributed by atoms with Crippen molar-refractivity contribution in [1.82, 2.24) is 0 Å². The summed E-state index contributed by atoms with van der Waals surface area (Å²) in [5, 5.41) is 0. The van der Waals surface area contributed by atoms with E-state index in [-0.39, 0.29) is 11.7 Å².